The molecule has 2 N–H and O–H groups in total. The summed E-state index contributed by atoms with van der Waals surface area (Å²) in [6.07, 6.45) is 2.12. The van der Waals surface area contributed by atoms with Crippen molar-refractivity contribution < 1.29 is 4.92 Å². The molecular weight excluding hydrogens is 258 g/mol. The number of nitrogens with one attached hydrogen (secondary N) is 2. The van der Waals surface area contributed by atoms with Crippen LogP contribution in [0.3, 0.4) is 0 Å². The lowest BCUT2D eigenvalue weighted by Gasteiger charge is -2.08. The van der Waals surface area contributed by atoms with Crippen molar-refractivity contribution >= 4 is 23.1 Å². The van der Waals surface area contributed by atoms with Gasteiger partial charge in [-0.3, -0.25) is 10.1 Å². The van der Waals surface area contributed by atoms with Gasteiger partial charge in [-0.25, -0.2) is 4.98 Å². The zero-order chi connectivity index (χ0) is 14.4. The minimum Gasteiger partial charge on any atom is -0.354 e. The quantitative estimate of drug-likeness (QED) is 0.621. The highest BCUT2D eigenvalue weighted by atomic mass is 16.6. The number of benzene rings is 1. The topological polar surface area (TPSA) is 93.0 Å². The van der Waals surface area contributed by atoms with Gasteiger partial charge < -0.3 is 10.6 Å². The highest BCUT2D eigenvalue weighted by molar-refractivity contribution is 5.65. The predicted molar refractivity (Wildman–Crippen MR) is 77.2 cm³/mol. The average molecular weight is 273 g/mol. The van der Waals surface area contributed by atoms with E-state index in [2.05, 4.69) is 20.6 Å². The molecule has 0 saturated heterocycles. The van der Waals surface area contributed by atoms with Crippen LogP contribution in [0.2, 0.25) is 0 Å². The summed E-state index contributed by atoms with van der Waals surface area (Å²) in [5.41, 5.74) is 0.576. The van der Waals surface area contributed by atoms with Gasteiger partial charge in [0.1, 0.15) is 6.20 Å². The molecule has 7 nitrogen and oxygen atoms in total. The van der Waals surface area contributed by atoms with Gasteiger partial charge in [0.05, 0.1) is 4.92 Å². The Kier molecular flexibility index (Phi) is 4.43. The van der Waals surface area contributed by atoms with Crippen LogP contribution < -0.4 is 10.6 Å². The zero-order valence-electron chi connectivity index (χ0n) is 11.0. The molecule has 0 atom stereocenters. The Bertz CT molecular complexity index is 589. The smallest absolute Gasteiger partial charge is 0.329 e. The Morgan fingerprint density at radius 2 is 2.05 bits per heavy atom. The molecule has 0 saturated carbocycles. The van der Waals surface area contributed by atoms with Gasteiger partial charge in [0.25, 0.3) is 0 Å². The summed E-state index contributed by atoms with van der Waals surface area (Å²) in [5.74, 6) is 0.547. The van der Waals surface area contributed by atoms with Gasteiger partial charge >= 0.3 is 5.69 Å². The van der Waals surface area contributed by atoms with Crippen molar-refractivity contribution in [3.63, 3.8) is 0 Å². The molecule has 0 fully saturated rings. The van der Waals surface area contributed by atoms with Crippen LogP contribution in [-0.4, -0.2) is 21.4 Å². The summed E-state index contributed by atoms with van der Waals surface area (Å²) >= 11 is 0. The summed E-state index contributed by atoms with van der Waals surface area (Å²) in [4.78, 5) is 18.6. The number of nitro groups is 1. The normalized spacial score (nSPS) is 10.1. The lowest BCUT2D eigenvalue weighted by Crippen LogP contribution is -2.07. The molecule has 1 heterocycles. The van der Waals surface area contributed by atoms with E-state index in [4.69, 9.17) is 0 Å². The molecular formula is C13H15N5O2. The fourth-order valence-electron chi connectivity index (χ4n) is 1.58. The highest BCUT2D eigenvalue weighted by Gasteiger charge is 2.17. The lowest BCUT2D eigenvalue weighted by atomic mass is 10.3. The van der Waals surface area contributed by atoms with Crippen LogP contribution >= 0.6 is 0 Å². The molecule has 2 rings (SSSR count). The van der Waals surface area contributed by atoms with E-state index in [0.29, 0.717) is 12.5 Å². The maximum atomic E-state index is 11.0. The summed E-state index contributed by atoms with van der Waals surface area (Å²) in [7, 11) is 0. The Balaban J connectivity index is 2.29. The second-order valence-corrected chi connectivity index (χ2v) is 4.10. The average Bonchev–Trinajstić information content (AvgIpc) is 2.46. The maximum Gasteiger partial charge on any atom is 0.329 e. The second kappa shape index (κ2) is 6.46. The monoisotopic (exact) mass is 273 g/mol. The Labute approximate surface area is 116 Å². The number of aromatic nitrogens is 2. The first-order chi connectivity index (χ1) is 9.70. The summed E-state index contributed by atoms with van der Waals surface area (Å²) in [6, 6.07) is 9.17. The minimum absolute atomic E-state index is 0.157. The third kappa shape index (κ3) is 3.41. The van der Waals surface area contributed by atoms with Gasteiger partial charge in [-0.05, 0) is 18.6 Å². The lowest BCUT2D eigenvalue weighted by molar-refractivity contribution is -0.384. The van der Waals surface area contributed by atoms with Gasteiger partial charge in [-0.1, -0.05) is 25.1 Å². The van der Waals surface area contributed by atoms with E-state index >= 15 is 0 Å². The summed E-state index contributed by atoms with van der Waals surface area (Å²) < 4.78 is 0. The van der Waals surface area contributed by atoms with Crippen molar-refractivity contribution in [3.8, 4) is 0 Å². The van der Waals surface area contributed by atoms with E-state index in [1.165, 1.54) is 6.20 Å². The zero-order valence-corrected chi connectivity index (χ0v) is 11.0. The molecule has 104 valence electrons. The van der Waals surface area contributed by atoms with Crippen molar-refractivity contribution in [2.24, 2.45) is 0 Å². The van der Waals surface area contributed by atoms with Crippen molar-refractivity contribution in [2.75, 3.05) is 17.2 Å². The van der Waals surface area contributed by atoms with Crippen molar-refractivity contribution in [2.45, 2.75) is 13.3 Å². The Morgan fingerprint density at radius 3 is 2.70 bits per heavy atom. The third-order valence-electron chi connectivity index (χ3n) is 2.54. The third-order valence-corrected chi connectivity index (χ3v) is 2.54. The fourth-order valence-corrected chi connectivity index (χ4v) is 1.58. The fraction of sp³-hybridized carbons (Fsp3) is 0.231. The number of rotatable bonds is 6. The van der Waals surface area contributed by atoms with Crippen LogP contribution in [0, 0.1) is 10.1 Å². The van der Waals surface area contributed by atoms with E-state index in [1.54, 1.807) is 0 Å². The molecule has 0 radical (unpaired) electrons. The van der Waals surface area contributed by atoms with Gasteiger partial charge in [0, 0.05) is 12.2 Å². The number of hydrogen-bond donors (Lipinski definition) is 2. The molecule has 0 bridgehead atoms. The van der Waals surface area contributed by atoms with Gasteiger partial charge in [-0.2, -0.15) is 4.98 Å². The largest absolute Gasteiger partial charge is 0.354 e. The highest BCUT2D eigenvalue weighted by Crippen LogP contribution is 2.25. The standard InChI is InChI=1S/C13H15N5O2/c1-2-8-14-13-15-9-11(18(19)20)12(17-13)16-10-6-4-3-5-7-10/h3-7,9H,2,8H2,1H3,(H2,14,15,16,17). The van der Waals surface area contributed by atoms with Gasteiger partial charge in [0.15, 0.2) is 0 Å². The molecule has 0 aliphatic carbocycles. The van der Waals surface area contributed by atoms with Crippen LogP contribution in [0.5, 0.6) is 0 Å². The Morgan fingerprint density at radius 1 is 1.30 bits per heavy atom. The number of hydrogen-bond acceptors (Lipinski definition) is 6. The molecule has 20 heavy (non-hydrogen) atoms. The van der Waals surface area contributed by atoms with Crippen LogP contribution in [0.4, 0.5) is 23.1 Å². The molecule has 0 unspecified atom stereocenters. The van der Waals surface area contributed by atoms with Crippen LogP contribution in [0.15, 0.2) is 36.5 Å². The number of nitrogens with zero attached hydrogens (tertiary/aromatic N) is 3. The van der Waals surface area contributed by atoms with Crippen LogP contribution in [0.25, 0.3) is 0 Å². The molecule has 7 heteroatoms. The maximum absolute atomic E-state index is 11.0. The van der Waals surface area contributed by atoms with Crippen LogP contribution in [0.1, 0.15) is 13.3 Å². The van der Waals surface area contributed by atoms with E-state index in [-0.39, 0.29) is 11.5 Å². The van der Waals surface area contributed by atoms with E-state index in [9.17, 15) is 10.1 Å². The number of para-hydroxylation sites is 1. The van der Waals surface area contributed by atoms with E-state index in [0.717, 1.165) is 12.1 Å². The molecule has 0 amide bonds. The van der Waals surface area contributed by atoms with Gasteiger partial charge in [-0.15, -0.1) is 0 Å². The van der Waals surface area contributed by atoms with Crippen molar-refractivity contribution in [3.05, 3.63) is 46.6 Å². The first-order valence-corrected chi connectivity index (χ1v) is 6.28. The molecule has 0 aliphatic rings. The molecule has 1 aromatic carbocycles. The SMILES string of the molecule is CCCNc1ncc([N+](=O)[O-])c(Nc2ccccc2)n1. The van der Waals surface area contributed by atoms with E-state index < -0.39 is 4.92 Å². The molecule has 0 spiro atoms. The first-order valence-electron chi connectivity index (χ1n) is 6.28. The summed E-state index contributed by atoms with van der Waals surface area (Å²) in [6.45, 7) is 2.73. The van der Waals surface area contributed by atoms with Crippen LogP contribution in [-0.2, 0) is 0 Å². The molecule has 2 aromatic rings. The molecule has 0 aliphatic heterocycles. The predicted octanol–water partition coefficient (Wildman–Crippen LogP) is 2.95. The number of anilines is 3. The van der Waals surface area contributed by atoms with Crippen molar-refractivity contribution in [1.29, 1.82) is 0 Å². The Hall–Kier alpha value is -2.70. The summed E-state index contributed by atoms with van der Waals surface area (Å²) in [5, 5.41) is 16.9. The first kappa shape index (κ1) is 13.7. The minimum atomic E-state index is -0.505. The molecule has 1 aromatic heterocycles. The second-order valence-electron chi connectivity index (χ2n) is 4.10. The van der Waals surface area contributed by atoms with Crippen molar-refractivity contribution in [1.82, 2.24) is 9.97 Å². The van der Waals surface area contributed by atoms with Gasteiger partial charge in [0.2, 0.25) is 11.8 Å². The van der Waals surface area contributed by atoms with E-state index in [1.807, 2.05) is 37.3 Å².